The zero-order chi connectivity index (χ0) is 15.2. The van der Waals surface area contributed by atoms with Gasteiger partial charge in [-0.2, -0.15) is 0 Å². The van der Waals surface area contributed by atoms with Crippen molar-refractivity contribution in [2.45, 2.75) is 20.8 Å². The van der Waals surface area contributed by atoms with Crippen molar-refractivity contribution in [2.75, 3.05) is 17.2 Å². The number of carbonyl (C=O) groups excluding carboxylic acids is 1. The van der Waals surface area contributed by atoms with Crippen molar-refractivity contribution in [3.05, 3.63) is 47.9 Å². The Morgan fingerprint density at radius 3 is 2.67 bits per heavy atom. The van der Waals surface area contributed by atoms with E-state index in [1.807, 2.05) is 31.2 Å². The first-order valence-electron chi connectivity index (χ1n) is 6.98. The van der Waals surface area contributed by atoms with Gasteiger partial charge in [-0.05, 0) is 30.5 Å². The van der Waals surface area contributed by atoms with Gasteiger partial charge in [0.25, 0.3) is 5.91 Å². The molecule has 1 aromatic heterocycles. The average Bonchev–Trinajstić information content (AvgIpc) is 2.45. The van der Waals surface area contributed by atoms with Gasteiger partial charge < -0.3 is 10.6 Å². The fourth-order valence-corrected chi connectivity index (χ4v) is 1.76. The number of aromatic nitrogens is 2. The molecule has 2 N–H and O–H groups in total. The smallest absolute Gasteiger partial charge is 0.275 e. The lowest BCUT2D eigenvalue weighted by atomic mass is 10.2. The Balaban J connectivity index is 1.99. The fourth-order valence-electron chi connectivity index (χ4n) is 1.76. The SMILES string of the molecule is Cc1cccc(NC(=O)c2cnc(NCC(C)C)cn2)c1. The van der Waals surface area contributed by atoms with E-state index in [4.69, 9.17) is 0 Å². The van der Waals surface area contributed by atoms with Crippen LogP contribution in [0, 0.1) is 12.8 Å². The molecule has 21 heavy (non-hydrogen) atoms. The second-order valence-corrected chi connectivity index (χ2v) is 5.39. The third-order valence-electron chi connectivity index (χ3n) is 2.85. The summed E-state index contributed by atoms with van der Waals surface area (Å²) >= 11 is 0. The summed E-state index contributed by atoms with van der Waals surface area (Å²) in [5, 5.41) is 5.97. The number of benzene rings is 1. The van der Waals surface area contributed by atoms with E-state index in [9.17, 15) is 4.79 Å². The van der Waals surface area contributed by atoms with E-state index in [0.717, 1.165) is 17.8 Å². The lowest BCUT2D eigenvalue weighted by Gasteiger charge is -2.08. The first kappa shape index (κ1) is 15.0. The van der Waals surface area contributed by atoms with E-state index >= 15 is 0 Å². The lowest BCUT2D eigenvalue weighted by molar-refractivity contribution is 0.102. The van der Waals surface area contributed by atoms with Crippen LogP contribution in [-0.4, -0.2) is 22.4 Å². The van der Waals surface area contributed by atoms with Crippen molar-refractivity contribution in [3.8, 4) is 0 Å². The molecule has 0 fully saturated rings. The fraction of sp³-hybridized carbons (Fsp3) is 0.312. The van der Waals surface area contributed by atoms with Crippen LogP contribution in [0.3, 0.4) is 0 Å². The molecule has 2 aromatic rings. The molecule has 0 bridgehead atoms. The van der Waals surface area contributed by atoms with Gasteiger partial charge in [0.2, 0.25) is 0 Å². The molecule has 0 aliphatic carbocycles. The Morgan fingerprint density at radius 2 is 2.05 bits per heavy atom. The molecule has 0 saturated heterocycles. The Morgan fingerprint density at radius 1 is 1.24 bits per heavy atom. The van der Waals surface area contributed by atoms with Gasteiger partial charge in [-0.25, -0.2) is 9.97 Å². The predicted molar refractivity (Wildman–Crippen MR) is 84.5 cm³/mol. The molecule has 1 amide bonds. The van der Waals surface area contributed by atoms with E-state index in [2.05, 4.69) is 34.4 Å². The number of rotatable bonds is 5. The van der Waals surface area contributed by atoms with Crippen LogP contribution < -0.4 is 10.6 Å². The lowest BCUT2D eigenvalue weighted by Crippen LogP contribution is -2.15. The minimum Gasteiger partial charge on any atom is -0.369 e. The Kier molecular flexibility index (Phi) is 4.87. The normalized spacial score (nSPS) is 10.5. The van der Waals surface area contributed by atoms with Crippen molar-refractivity contribution in [1.82, 2.24) is 9.97 Å². The third kappa shape index (κ3) is 4.56. The van der Waals surface area contributed by atoms with Gasteiger partial charge in [0.05, 0.1) is 12.4 Å². The number of amides is 1. The van der Waals surface area contributed by atoms with Crippen molar-refractivity contribution in [3.63, 3.8) is 0 Å². The van der Waals surface area contributed by atoms with Crippen LogP contribution in [0.2, 0.25) is 0 Å². The van der Waals surface area contributed by atoms with Gasteiger partial charge >= 0.3 is 0 Å². The maximum absolute atomic E-state index is 12.1. The molecule has 0 saturated carbocycles. The zero-order valence-corrected chi connectivity index (χ0v) is 12.6. The topological polar surface area (TPSA) is 66.9 Å². The quantitative estimate of drug-likeness (QED) is 0.885. The largest absolute Gasteiger partial charge is 0.369 e. The minimum absolute atomic E-state index is 0.261. The number of hydrogen-bond acceptors (Lipinski definition) is 4. The maximum atomic E-state index is 12.1. The van der Waals surface area contributed by atoms with Crippen LogP contribution in [-0.2, 0) is 0 Å². The van der Waals surface area contributed by atoms with Crippen LogP contribution in [0.25, 0.3) is 0 Å². The van der Waals surface area contributed by atoms with E-state index in [-0.39, 0.29) is 5.91 Å². The van der Waals surface area contributed by atoms with Gasteiger partial charge in [-0.1, -0.05) is 26.0 Å². The van der Waals surface area contributed by atoms with Gasteiger partial charge in [0, 0.05) is 12.2 Å². The first-order chi connectivity index (χ1) is 10.0. The van der Waals surface area contributed by atoms with Crippen LogP contribution in [0.15, 0.2) is 36.7 Å². The molecule has 5 nitrogen and oxygen atoms in total. The number of hydrogen-bond donors (Lipinski definition) is 2. The molecule has 5 heteroatoms. The van der Waals surface area contributed by atoms with Crippen molar-refractivity contribution in [1.29, 1.82) is 0 Å². The zero-order valence-electron chi connectivity index (χ0n) is 12.6. The van der Waals surface area contributed by atoms with Crippen molar-refractivity contribution >= 4 is 17.4 Å². The average molecular weight is 284 g/mol. The number of anilines is 2. The minimum atomic E-state index is -0.261. The standard InChI is InChI=1S/C16H20N4O/c1-11(2)8-18-15-10-17-14(9-19-15)16(21)20-13-6-4-5-12(3)7-13/h4-7,9-11H,8H2,1-3H3,(H,18,19)(H,20,21). The van der Waals surface area contributed by atoms with E-state index in [0.29, 0.717) is 17.4 Å². The van der Waals surface area contributed by atoms with Crippen LogP contribution in [0.1, 0.15) is 29.9 Å². The first-order valence-corrected chi connectivity index (χ1v) is 6.98. The van der Waals surface area contributed by atoms with E-state index in [1.165, 1.54) is 6.20 Å². The number of aryl methyl sites for hydroxylation is 1. The predicted octanol–water partition coefficient (Wildman–Crippen LogP) is 3.11. The van der Waals surface area contributed by atoms with E-state index in [1.54, 1.807) is 6.20 Å². The molecular formula is C16H20N4O. The summed E-state index contributed by atoms with van der Waals surface area (Å²) in [6.45, 7) is 7.03. The van der Waals surface area contributed by atoms with Crippen molar-refractivity contribution < 1.29 is 4.79 Å². The summed E-state index contributed by atoms with van der Waals surface area (Å²) in [7, 11) is 0. The third-order valence-corrected chi connectivity index (χ3v) is 2.85. The molecular weight excluding hydrogens is 264 g/mol. The molecule has 1 aromatic carbocycles. The molecule has 0 spiro atoms. The molecule has 0 radical (unpaired) electrons. The van der Waals surface area contributed by atoms with Gasteiger partial charge in [0.15, 0.2) is 0 Å². The molecule has 1 heterocycles. The summed E-state index contributed by atoms with van der Waals surface area (Å²) in [5.74, 6) is 0.940. The molecule has 110 valence electrons. The second-order valence-electron chi connectivity index (χ2n) is 5.39. The summed E-state index contributed by atoms with van der Waals surface area (Å²) in [4.78, 5) is 20.4. The molecule has 2 rings (SSSR count). The monoisotopic (exact) mass is 284 g/mol. The molecule has 0 aliphatic rings. The summed E-state index contributed by atoms with van der Waals surface area (Å²) in [5.41, 5.74) is 2.14. The Hall–Kier alpha value is -2.43. The highest BCUT2D eigenvalue weighted by atomic mass is 16.1. The van der Waals surface area contributed by atoms with Crippen LogP contribution >= 0.6 is 0 Å². The number of carbonyl (C=O) groups is 1. The van der Waals surface area contributed by atoms with Crippen molar-refractivity contribution in [2.24, 2.45) is 5.92 Å². The highest BCUT2D eigenvalue weighted by Gasteiger charge is 2.08. The maximum Gasteiger partial charge on any atom is 0.275 e. The molecule has 0 aliphatic heterocycles. The highest BCUT2D eigenvalue weighted by Crippen LogP contribution is 2.11. The second kappa shape index (κ2) is 6.83. The number of nitrogens with one attached hydrogen (secondary N) is 2. The summed E-state index contributed by atoms with van der Waals surface area (Å²) in [6.07, 6.45) is 3.06. The van der Waals surface area contributed by atoms with Crippen LogP contribution in [0.5, 0.6) is 0 Å². The summed E-state index contributed by atoms with van der Waals surface area (Å²) in [6, 6.07) is 7.63. The number of nitrogens with zero attached hydrogens (tertiary/aromatic N) is 2. The highest BCUT2D eigenvalue weighted by molar-refractivity contribution is 6.02. The van der Waals surface area contributed by atoms with Crippen LogP contribution in [0.4, 0.5) is 11.5 Å². The van der Waals surface area contributed by atoms with Gasteiger partial charge in [-0.15, -0.1) is 0 Å². The Labute approximate surface area is 124 Å². The summed E-state index contributed by atoms with van der Waals surface area (Å²) < 4.78 is 0. The van der Waals surface area contributed by atoms with Gasteiger partial charge in [-0.3, -0.25) is 4.79 Å². The molecule has 0 atom stereocenters. The van der Waals surface area contributed by atoms with E-state index < -0.39 is 0 Å². The van der Waals surface area contributed by atoms with Gasteiger partial charge in [0.1, 0.15) is 11.5 Å². The Bertz CT molecular complexity index is 608. The molecule has 0 unspecified atom stereocenters.